The first-order valence-electron chi connectivity index (χ1n) is 8.55. The van der Waals surface area contributed by atoms with Gasteiger partial charge in [0, 0.05) is 16.5 Å². The van der Waals surface area contributed by atoms with Gasteiger partial charge in [-0.15, -0.1) is 0 Å². The molecule has 4 unspecified atom stereocenters. The number of carbonyl (C=O) groups excluding carboxylic acids is 1. The first-order chi connectivity index (χ1) is 11.5. The molecule has 2 aliphatic carbocycles. The van der Waals surface area contributed by atoms with Crippen molar-refractivity contribution in [2.24, 2.45) is 17.8 Å². The van der Waals surface area contributed by atoms with E-state index >= 15 is 0 Å². The number of rotatable bonds is 3. The fourth-order valence-electron chi connectivity index (χ4n) is 4.55. The molecule has 4 atom stereocenters. The Hall–Kier alpha value is -1.81. The van der Waals surface area contributed by atoms with Gasteiger partial charge in [-0.1, -0.05) is 18.0 Å². The Morgan fingerprint density at radius 1 is 1.29 bits per heavy atom. The van der Waals surface area contributed by atoms with Gasteiger partial charge in [-0.3, -0.25) is 4.79 Å². The molecule has 2 bridgehead atoms. The van der Waals surface area contributed by atoms with Gasteiger partial charge in [-0.05, 0) is 68.2 Å². The molecule has 0 radical (unpaired) electrons. The molecule has 0 aliphatic heterocycles. The average Bonchev–Trinajstić information content (AvgIpc) is 3.17. The first kappa shape index (κ1) is 15.7. The summed E-state index contributed by atoms with van der Waals surface area (Å²) in [6.07, 6.45) is 5.08. The predicted molar refractivity (Wildman–Crippen MR) is 93.4 cm³/mol. The van der Waals surface area contributed by atoms with Crippen molar-refractivity contribution in [3.05, 3.63) is 45.3 Å². The second-order valence-electron chi connectivity index (χ2n) is 7.23. The minimum atomic E-state index is -0.609. The van der Waals surface area contributed by atoms with Gasteiger partial charge in [-0.2, -0.15) is 0 Å². The SMILES string of the molecule is CC(NC(=O)c1cc2cc(Cl)ccc2oc1=O)C1CC2CCC1C2. The van der Waals surface area contributed by atoms with Crippen molar-refractivity contribution < 1.29 is 9.21 Å². The van der Waals surface area contributed by atoms with Gasteiger partial charge in [0.1, 0.15) is 11.1 Å². The van der Waals surface area contributed by atoms with Crippen LogP contribution in [0, 0.1) is 17.8 Å². The summed E-state index contributed by atoms with van der Waals surface area (Å²) >= 11 is 5.98. The van der Waals surface area contributed by atoms with Crippen LogP contribution in [0.2, 0.25) is 5.02 Å². The number of fused-ring (bicyclic) bond motifs is 3. The number of hydrogen-bond acceptors (Lipinski definition) is 3. The maximum Gasteiger partial charge on any atom is 0.349 e. The molecule has 1 N–H and O–H groups in total. The maximum absolute atomic E-state index is 12.6. The summed E-state index contributed by atoms with van der Waals surface area (Å²) in [5, 5.41) is 4.20. The summed E-state index contributed by atoms with van der Waals surface area (Å²) in [7, 11) is 0. The van der Waals surface area contributed by atoms with Crippen molar-refractivity contribution in [3.8, 4) is 0 Å². The lowest BCUT2D eigenvalue weighted by molar-refractivity contribution is 0.0911. The number of carbonyl (C=O) groups is 1. The fourth-order valence-corrected chi connectivity index (χ4v) is 4.73. The van der Waals surface area contributed by atoms with E-state index in [9.17, 15) is 9.59 Å². The van der Waals surface area contributed by atoms with E-state index in [1.807, 2.05) is 6.92 Å². The number of hydrogen-bond donors (Lipinski definition) is 1. The monoisotopic (exact) mass is 345 g/mol. The van der Waals surface area contributed by atoms with Crippen LogP contribution in [0.3, 0.4) is 0 Å². The maximum atomic E-state index is 12.6. The number of nitrogens with one attached hydrogen (secondary N) is 1. The third-order valence-corrected chi connectivity index (χ3v) is 5.97. The Morgan fingerprint density at radius 2 is 2.12 bits per heavy atom. The van der Waals surface area contributed by atoms with Crippen LogP contribution in [0.4, 0.5) is 0 Å². The van der Waals surface area contributed by atoms with Crippen LogP contribution in [-0.4, -0.2) is 11.9 Å². The molecule has 0 spiro atoms. The van der Waals surface area contributed by atoms with Crippen LogP contribution in [0.5, 0.6) is 0 Å². The molecule has 2 aliphatic rings. The molecular weight excluding hydrogens is 326 g/mol. The molecule has 2 saturated carbocycles. The standard InChI is InChI=1S/C19H20ClNO3/c1-10(15-7-11-2-3-12(15)6-11)21-18(22)16-9-13-8-14(20)4-5-17(13)24-19(16)23/h4-5,8-12,15H,2-3,6-7H2,1H3,(H,21,22). The van der Waals surface area contributed by atoms with E-state index in [1.54, 1.807) is 24.3 Å². The Bertz CT molecular complexity index is 859. The average molecular weight is 346 g/mol. The molecule has 1 aromatic carbocycles. The molecule has 4 nitrogen and oxygen atoms in total. The molecule has 0 saturated heterocycles. The lowest BCUT2D eigenvalue weighted by Crippen LogP contribution is -2.41. The summed E-state index contributed by atoms with van der Waals surface area (Å²) in [4.78, 5) is 24.7. The highest BCUT2D eigenvalue weighted by molar-refractivity contribution is 6.31. The summed E-state index contributed by atoms with van der Waals surface area (Å²) in [6.45, 7) is 2.04. The van der Waals surface area contributed by atoms with Gasteiger partial charge in [0.05, 0.1) is 0 Å². The summed E-state index contributed by atoms with van der Waals surface area (Å²) in [5.41, 5.74) is -0.135. The lowest BCUT2D eigenvalue weighted by Gasteiger charge is -2.28. The van der Waals surface area contributed by atoms with E-state index in [0.717, 1.165) is 11.8 Å². The topological polar surface area (TPSA) is 59.3 Å². The third kappa shape index (κ3) is 2.73. The van der Waals surface area contributed by atoms with Gasteiger partial charge < -0.3 is 9.73 Å². The first-order valence-corrected chi connectivity index (χ1v) is 8.93. The highest BCUT2D eigenvalue weighted by Crippen LogP contribution is 2.49. The van der Waals surface area contributed by atoms with Crippen LogP contribution >= 0.6 is 11.6 Å². The normalized spacial score (nSPS) is 26.7. The second-order valence-corrected chi connectivity index (χ2v) is 7.67. The van der Waals surface area contributed by atoms with Gasteiger partial charge in [0.2, 0.25) is 0 Å². The Labute approximate surface area is 145 Å². The smallest absolute Gasteiger partial charge is 0.349 e. The number of amides is 1. The third-order valence-electron chi connectivity index (χ3n) is 5.73. The zero-order chi connectivity index (χ0) is 16.8. The van der Waals surface area contributed by atoms with Crippen molar-refractivity contribution >= 4 is 28.5 Å². The minimum absolute atomic E-state index is 0.0415. The summed E-state index contributed by atoms with van der Waals surface area (Å²) in [6, 6.07) is 6.62. The summed E-state index contributed by atoms with van der Waals surface area (Å²) < 4.78 is 5.25. The van der Waals surface area contributed by atoms with Crippen LogP contribution in [0.15, 0.2) is 33.5 Å². The molecule has 1 heterocycles. The lowest BCUT2D eigenvalue weighted by atomic mass is 9.84. The van der Waals surface area contributed by atoms with Crippen LogP contribution in [0.1, 0.15) is 43.0 Å². The molecule has 2 aromatic rings. The number of benzene rings is 1. The van der Waals surface area contributed by atoms with E-state index < -0.39 is 5.63 Å². The Kier molecular flexibility index (Phi) is 3.87. The van der Waals surface area contributed by atoms with Crippen LogP contribution < -0.4 is 10.9 Å². The molecule has 4 rings (SSSR count). The van der Waals surface area contributed by atoms with E-state index in [2.05, 4.69) is 5.32 Å². The van der Waals surface area contributed by atoms with E-state index in [1.165, 1.54) is 25.7 Å². The highest BCUT2D eigenvalue weighted by Gasteiger charge is 2.42. The highest BCUT2D eigenvalue weighted by atomic mass is 35.5. The molecule has 24 heavy (non-hydrogen) atoms. The van der Waals surface area contributed by atoms with Crippen molar-refractivity contribution in [1.29, 1.82) is 0 Å². The molecule has 1 aromatic heterocycles. The van der Waals surface area contributed by atoms with Gasteiger partial charge in [0.15, 0.2) is 0 Å². The second kappa shape index (κ2) is 5.92. The van der Waals surface area contributed by atoms with Crippen molar-refractivity contribution in [2.45, 2.75) is 38.6 Å². The van der Waals surface area contributed by atoms with E-state index in [-0.39, 0.29) is 17.5 Å². The zero-order valence-corrected chi connectivity index (χ0v) is 14.3. The Balaban J connectivity index is 1.56. The van der Waals surface area contributed by atoms with Crippen LogP contribution in [-0.2, 0) is 0 Å². The van der Waals surface area contributed by atoms with Gasteiger partial charge in [0.25, 0.3) is 5.91 Å². The zero-order valence-electron chi connectivity index (χ0n) is 13.5. The van der Waals surface area contributed by atoms with E-state index in [0.29, 0.717) is 21.9 Å². The van der Waals surface area contributed by atoms with Crippen molar-refractivity contribution in [3.63, 3.8) is 0 Å². The van der Waals surface area contributed by atoms with E-state index in [4.69, 9.17) is 16.0 Å². The Morgan fingerprint density at radius 3 is 2.83 bits per heavy atom. The van der Waals surface area contributed by atoms with Gasteiger partial charge in [-0.25, -0.2) is 4.79 Å². The largest absolute Gasteiger partial charge is 0.422 e. The molecule has 1 amide bonds. The number of halogens is 1. The summed E-state index contributed by atoms with van der Waals surface area (Å²) in [5.74, 6) is 1.71. The molecule has 2 fully saturated rings. The quantitative estimate of drug-likeness (QED) is 0.855. The predicted octanol–water partition coefficient (Wildman–Crippen LogP) is 4.00. The minimum Gasteiger partial charge on any atom is -0.422 e. The van der Waals surface area contributed by atoms with Crippen LogP contribution in [0.25, 0.3) is 11.0 Å². The van der Waals surface area contributed by atoms with Crippen molar-refractivity contribution in [2.75, 3.05) is 0 Å². The van der Waals surface area contributed by atoms with Gasteiger partial charge >= 0.3 is 5.63 Å². The van der Waals surface area contributed by atoms with Crippen molar-refractivity contribution in [1.82, 2.24) is 5.32 Å². The molecule has 5 heteroatoms. The fraction of sp³-hybridized carbons (Fsp3) is 0.474. The molecular formula is C19H20ClNO3. The molecule has 126 valence electrons.